The number of carbonyl (C=O) groups excluding carboxylic acids is 1. The lowest BCUT2D eigenvalue weighted by molar-refractivity contribution is -0.140. The fraction of sp³-hybridized carbons (Fsp3) is 0.333. The van der Waals surface area contributed by atoms with Crippen molar-refractivity contribution in [3.63, 3.8) is 0 Å². The van der Waals surface area contributed by atoms with Crippen LogP contribution >= 0.6 is 11.8 Å². The number of aliphatic carboxylic acids is 1. The maximum Gasteiger partial charge on any atom is 0.327 e. The average molecular weight is 215 g/mol. The molecule has 78 valence electrons. The van der Waals surface area contributed by atoms with E-state index in [9.17, 15) is 9.59 Å². The molecule has 1 atom stereocenters. The van der Waals surface area contributed by atoms with Crippen molar-refractivity contribution >= 4 is 23.6 Å². The lowest BCUT2D eigenvalue weighted by Gasteiger charge is -2.10. The molecule has 2 N–H and O–H groups in total. The second kappa shape index (κ2) is 7.20. The first-order valence-corrected chi connectivity index (χ1v) is 5.32. The van der Waals surface area contributed by atoms with E-state index >= 15 is 0 Å². The number of carboxylic acid groups (broad SMARTS) is 1. The fourth-order valence-corrected chi connectivity index (χ4v) is 1.28. The molecule has 0 bridgehead atoms. The van der Waals surface area contributed by atoms with E-state index in [2.05, 4.69) is 11.9 Å². The van der Waals surface area contributed by atoms with E-state index in [0.29, 0.717) is 5.75 Å². The Labute approximate surface area is 87.1 Å². The second-order valence-corrected chi connectivity index (χ2v) is 3.36. The number of nitrogens with one attached hydrogen (secondary N) is 1. The van der Waals surface area contributed by atoms with Crippen LogP contribution in [0.15, 0.2) is 24.8 Å². The minimum Gasteiger partial charge on any atom is -0.480 e. The third kappa shape index (κ3) is 5.42. The van der Waals surface area contributed by atoms with E-state index in [1.54, 1.807) is 6.26 Å². The maximum atomic E-state index is 11.1. The van der Waals surface area contributed by atoms with Gasteiger partial charge in [0.2, 0.25) is 5.91 Å². The monoisotopic (exact) mass is 215 g/mol. The van der Waals surface area contributed by atoms with Gasteiger partial charge in [0.1, 0.15) is 6.04 Å². The van der Waals surface area contributed by atoms with Gasteiger partial charge >= 0.3 is 5.97 Å². The van der Waals surface area contributed by atoms with Gasteiger partial charge in [-0.1, -0.05) is 18.7 Å². The topological polar surface area (TPSA) is 66.4 Å². The van der Waals surface area contributed by atoms with Crippen LogP contribution in [0.25, 0.3) is 0 Å². The van der Waals surface area contributed by atoms with Crippen molar-refractivity contribution < 1.29 is 14.7 Å². The van der Waals surface area contributed by atoms with Crippen LogP contribution < -0.4 is 5.32 Å². The molecule has 0 spiro atoms. The summed E-state index contributed by atoms with van der Waals surface area (Å²) >= 11 is 1.36. The molecule has 0 aliphatic rings. The average Bonchev–Trinajstić information content (AvgIpc) is 2.14. The highest BCUT2D eigenvalue weighted by Crippen LogP contribution is 1.97. The van der Waals surface area contributed by atoms with Crippen molar-refractivity contribution in [3.05, 3.63) is 24.8 Å². The van der Waals surface area contributed by atoms with Crippen LogP contribution in [0.2, 0.25) is 0 Å². The number of rotatable bonds is 6. The van der Waals surface area contributed by atoms with Gasteiger partial charge in [-0.2, -0.15) is 11.8 Å². The molecule has 0 aliphatic carbocycles. The number of hydrogen-bond donors (Lipinski definition) is 2. The molecule has 4 nitrogen and oxygen atoms in total. The summed E-state index contributed by atoms with van der Waals surface area (Å²) in [6.07, 6.45) is 5.92. The molecule has 0 aromatic carbocycles. The predicted octanol–water partition coefficient (Wildman–Crippen LogP) is 0.661. The van der Waals surface area contributed by atoms with E-state index in [1.165, 1.54) is 30.0 Å². The number of thioether (sulfide) groups is 1. The van der Waals surface area contributed by atoms with Crippen molar-refractivity contribution in [1.29, 1.82) is 0 Å². The normalized spacial score (nSPS) is 12.4. The zero-order chi connectivity index (χ0) is 11.0. The molecule has 1 amide bonds. The van der Waals surface area contributed by atoms with Gasteiger partial charge in [0, 0.05) is 11.8 Å². The summed E-state index contributed by atoms with van der Waals surface area (Å²) in [5, 5.41) is 11.1. The van der Waals surface area contributed by atoms with Gasteiger partial charge in [0.15, 0.2) is 0 Å². The third-order valence-corrected chi connectivity index (χ3v) is 2.00. The minimum atomic E-state index is -1.03. The van der Waals surface area contributed by atoms with Gasteiger partial charge in [-0.05, 0) is 6.26 Å². The first-order valence-electron chi connectivity index (χ1n) is 3.93. The molecule has 0 rings (SSSR count). The minimum absolute atomic E-state index is 0.350. The Hall–Kier alpha value is -1.23. The molecule has 0 saturated carbocycles. The van der Waals surface area contributed by atoms with Crippen molar-refractivity contribution in [2.45, 2.75) is 6.04 Å². The summed E-state index contributed by atoms with van der Waals surface area (Å²) in [6.45, 7) is 3.40. The Morgan fingerprint density at radius 3 is 2.71 bits per heavy atom. The first kappa shape index (κ1) is 12.8. The summed E-state index contributed by atoms with van der Waals surface area (Å²) in [7, 11) is 0. The first-order chi connectivity index (χ1) is 6.61. The van der Waals surface area contributed by atoms with Gasteiger partial charge < -0.3 is 10.4 Å². The SMILES string of the molecule is C=C/C=C/C(=O)NC(CSC)C(=O)O. The van der Waals surface area contributed by atoms with E-state index in [0.717, 1.165) is 0 Å². The van der Waals surface area contributed by atoms with Gasteiger partial charge in [0.25, 0.3) is 0 Å². The molecule has 14 heavy (non-hydrogen) atoms. The van der Waals surface area contributed by atoms with E-state index < -0.39 is 17.9 Å². The Kier molecular flexibility index (Phi) is 6.57. The quantitative estimate of drug-likeness (QED) is 0.504. The van der Waals surface area contributed by atoms with Crippen molar-refractivity contribution in [2.24, 2.45) is 0 Å². The Morgan fingerprint density at radius 1 is 1.64 bits per heavy atom. The zero-order valence-electron chi connectivity index (χ0n) is 7.90. The van der Waals surface area contributed by atoms with Gasteiger partial charge in [-0.3, -0.25) is 4.79 Å². The molecule has 5 heteroatoms. The Morgan fingerprint density at radius 2 is 2.29 bits per heavy atom. The molecule has 0 aliphatic heterocycles. The molecule has 0 aromatic rings. The number of carbonyl (C=O) groups is 2. The largest absolute Gasteiger partial charge is 0.480 e. The molecule has 0 aromatic heterocycles. The summed E-state index contributed by atoms with van der Waals surface area (Å²) in [6, 6.07) is -0.841. The number of amides is 1. The van der Waals surface area contributed by atoms with Crippen molar-refractivity contribution in [3.8, 4) is 0 Å². The van der Waals surface area contributed by atoms with Crippen LogP contribution in [0.3, 0.4) is 0 Å². The molecule has 0 saturated heterocycles. The third-order valence-electron chi connectivity index (χ3n) is 1.33. The molecule has 1 unspecified atom stereocenters. The van der Waals surface area contributed by atoms with Crippen LogP contribution in [-0.4, -0.2) is 35.0 Å². The Balaban J connectivity index is 4.15. The molecule has 0 fully saturated rings. The van der Waals surface area contributed by atoms with E-state index in [1.807, 2.05) is 0 Å². The number of allylic oxidation sites excluding steroid dienone is 2. The van der Waals surface area contributed by atoms with E-state index in [-0.39, 0.29) is 0 Å². The summed E-state index contributed by atoms with van der Waals surface area (Å²) in [5.41, 5.74) is 0. The van der Waals surface area contributed by atoms with Crippen molar-refractivity contribution in [1.82, 2.24) is 5.32 Å². The highest BCUT2D eigenvalue weighted by Gasteiger charge is 2.17. The lowest BCUT2D eigenvalue weighted by Crippen LogP contribution is -2.41. The predicted molar refractivity (Wildman–Crippen MR) is 57.3 cm³/mol. The van der Waals surface area contributed by atoms with Crippen LogP contribution in [-0.2, 0) is 9.59 Å². The summed E-state index contributed by atoms with van der Waals surface area (Å²) in [4.78, 5) is 21.7. The van der Waals surface area contributed by atoms with Crippen LogP contribution in [0, 0.1) is 0 Å². The Bertz CT molecular complexity index is 250. The van der Waals surface area contributed by atoms with Gasteiger partial charge in [-0.25, -0.2) is 4.79 Å². The second-order valence-electron chi connectivity index (χ2n) is 2.45. The fourth-order valence-electron chi connectivity index (χ4n) is 0.717. The van der Waals surface area contributed by atoms with Crippen molar-refractivity contribution in [2.75, 3.05) is 12.0 Å². The smallest absolute Gasteiger partial charge is 0.327 e. The number of carboxylic acids is 1. The highest BCUT2D eigenvalue weighted by molar-refractivity contribution is 7.98. The molecular formula is C9H13NO3S. The standard InChI is InChI=1S/C9H13NO3S/c1-3-4-5-8(11)10-7(6-14-2)9(12)13/h3-5,7H,1,6H2,2H3,(H,10,11)(H,12,13)/b5-4+. The van der Waals surface area contributed by atoms with Crippen LogP contribution in [0.5, 0.6) is 0 Å². The lowest BCUT2D eigenvalue weighted by atomic mass is 10.3. The molecular weight excluding hydrogens is 202 g/mol. The van der Waals surface area contributed by atoms with Crippen LogP contribution in [0.4, 0.5) is 0 Å². The number of hydrogen-bond acceptors (Lipinski definition) is 3. The summed E-state index contributed by atoms with van der Waals surface area (Å²) in [5.74, 6) is -1.10. The highest BCUT2D eigenvalue weighted by atomic mass is 32.2. The molecule has 0 heterocycles. The van der Waals surface area contributed by atoms with Crippen LogP contribution in [0.1, 0.15) is 0 Å². The maximum absolute atomic E-state index is 11.1. The van der Waals surface area contributed by atoms with E-state index in [4.69, 9.17) is 5.11 Å². The van der Waals surface area contributed by atoms with Gasteiger partial charge in [0.05, 0.1) is 0 Å². The van der Waals surface area contributed by atoms with Gasteiger partial charge in [-0.15, -0.1) is 0 Å². The zero-order valence-corrected chi connectivity index (χ0v) is 8.71. The molecule has 0 radical (unpaired) electrons. The summed E-state index contributed by atoms with van der Waals surface area (Å²) < 4.78 is 0.